The Morgan fingerprint density at radius 3 is 1.95 bits per heavy atom. The maximum atomic E-state index is 9.64. The van der Waals surface area contributed by atoms with Crippen molar-refractivity contribution in [2.24, 2.45) is 0 Å². The highest BCUT2D eigenvalue weighted by Gasteiger charge is 2.29. The van der Waals surface area contributed by atoms with Crippen LogP contribution in [-0.4, -0.2) is 69.6 Å². The van der Waals surface area contributed by atoms with E-state index in [-0.39, 0.29) is 6.54 Å². The van der Waals surface area contributed by atoms with Gasteiger partial charge < -0.3 is 30.8 Å². The Kier molecular flexibility index (Phi) is 12.3. The predicted molar refractivity (Wildman–Crippen MR) is 77.4 cm³/mol. The molecule has 0 saturated heterocycles. The molecule has 0 saturated carbocycles. The van der Waals surface area contributed by atoms with Crippen LogP contribution in [0.4, 0.5) is 0 Å². The highest BCUT2D eigenvalue weighted by molar-refractivity contribution is 4.81. The second kappa shape index (κ2) is 12.5. The quantitative estimate of drug-likeness (QED) is 0.252. The van der Waals surface area contributed by atoms with Crippen LogP contribution in [0, 0.1) is 0 Å². The van der Waals surface area contributed by atoms with Crippen molar-refractivity contribution in [1.29, 1.82) is 0 Å². The SMILES string of the molecule is CCCCCCCCNCC(O)C(O)C(O)C(O)CO. The molecule has 6 N–H and O–H groups in total. The Labute approximate surface area is 121 Å². The Morgan fingerprint density at radius 1 is 0.800 bits per heavy atom. The fourth-order valence-electron chi connectivity index (χ4n) is 1.96. The van der Waals surface area contributed by atoms with E-state index in [0.29, 0.717) is 0 Å². The highest BCUT2D eigenvalue weighted by atomic mass is 16.4. The first-order chi connectivity index (χ1) is 9.54. The zero-order chi connectivity index (χ0) is 15.4. The minimum atomic E-state index is -1.55. The van der Waals surface area contributed by atoms with Crippen molar-refractivity contribution in [3.05, 3.63) is 0 Å². The number of hydrogen-bond donors (Lipinski definition) is 6. The Balaban J connectivity index is 3.59. The molecule has 0 aromatic carbocycles. The molecule has 6 heteroatoms. The molecule has 0 aromatic heterocycles. The molecular weight excluding hydrogens is 262 g/mol. The third-order valence-electron chi connectivity index (χ3n) is 3.39. The second-order valence-electron chi connectivity index (χ2n) is 5.27. The Bertz CT molecular complexity index is 218. The second-order valence-corrected chi connectivity index (χ2v) is 5.27. The van der Waals surface area contributed by atoms with Gasteiger partial charge in [-0.2, -0.15) is 0 Å². The lowest BCUT2D eigenvalue weighted by atomic mass is 10.0. The summed E-state index contributed by atoms with van der Waals surface area (Å²) < 4.78 is 0. The van der Waals surface area contributed by atoms with Crippen molar-refractivity contribution < 1.29 is 25.5 Å². The zero-order valence-electron chi connectivity index (χ0n) is 12.4. The standard InChI is InChI=1S/C14H31NO5/c1-2-3-4-5-6-7-8-15-9-11(17)13(19)14(20)12(18)10-16/h11-20H,2-10H2,1H3. The maximum absolute atomic E-state index is 9.64. The number of nitrogens with one attached hydrogen (secondary N) is 1. The van der Waals surface area contributed by atoms with E-state index in [0.717, 1.165) is 19.4 Å². The zero-order valence-corrected chi connectivity index (χ0v) is 12.4. The topological polar surface area (TPSA) is 113 Å². The minimum absolute atomic E-state index is 0.144. The highest BCUT2D eigenvalue weighted by Crippen LogP contribution is 2.06. The van der Waals surface area contributed by atoms with Gasteiger partial charge in [-0.15, -0.1) is 0 Å². The summed E-state index contributed by atoms with van der Waals surface area (Å²) in [4.78, 5) is 0. The number of aliphatic hydroxyl groups is 5. The number of unbranched alkanes of at least 4 members (excludes halogenated alkanes) is 5. The molecule has 0 aliphatic carbocycles. The number of rotatable bonds is 13. The molecule has 0 aliphatic heterocycles. The van der Waals surface area contributed by atoms with Gasteiger partial charge in [-0.1, -0.05) is 39.0 Å². The summed E-state index contributed by atoms with van der Waals surface area (Å²) in [6.07, 6.45) is 1.45. The first-order valence-electron chi connectivity index (χ1n) is 7.58. The van der Waals surface area contributed by atoms with E-state index < -0.39 is 31.0 Å². The van der Waals surface area contributed by atoms with Gasteiger partial charge >= 0.3 is 0 Å². The molecule has 0 rings (SSSR count). The van der Waals surface area contributed by atoms with E-state index in [4.69, 9.17) is 10.2 Å². The largest absolute Gasteiger partial charge is 0.394 e. The van der Waals surface area contributed by atoms with Gasteiger partial charge in [0.15, 0.2) is 0 Å². The fraction of sp³-hybridized carbons (Fsp3) is 1.00. The average molecular weight is 293 g/mol. The van der Waals surface area contributed by atoms with E-state index in [1.54, 1.807) is 0 Å². The molecule has 0 bridgehead atoms. The van der Waals surface area contributed by atoms with Crippen LogP contribution in [0.25, 0.3) is 0 Å². The van der Waals surface area contributed by atoms with Crippen molar-refractivity contribution in [1.82, 2.24) is 5.32 Å². The molecular formula is C14H31NO5. The molecule has 0 radical (unpaired) electrons. The van der Waals surface area contributed by atoms with Crippen LogP contribution in [0.2, 0.25) is 0 Å². The van der Waals surface area contributed by atoms with Gasteiger partial charge in [0, 0.05) is 6.54 Å². The van der Waals surface area contributed by atoms with E-state index in [1.807, 2.05) is 0 Å². The molecule has 0 aromatic rings. The summed E-state index contributed by atoms with van der Waals surface area (Å²) >= 11 is 0. The van der Waals surface area contributed by atoms with Crippen molar-refractivity contribution in [2.45, 2.75) is 69.9 Å². The third-order valence-corrected chi connectivity index (χ3v) is 3.39. The third kappa shape index (κ3) is 8.84. The summed E-state index contributed by atoms with van der Waals surface area (Å²) in [7, 11) is 0. The van der Waals surface area contributed by atoms with Crippen LogP contribution in [0.1, 0.15) is 45.4 Å². The molecule has 4 unspecified atom stereocenters. The molecule has 0 spiro atoms. The normalized spacial score (nSPS) is 17.7. The maximum Gasteiger partial charge on any atom is 0.111 e. The summed E-state index contributed by atoms with van der Waals surface area (Å²) in [6.45, 7) is 2.41. The van der Waals surface area contributed by atoms with Gasteiger partial charge in [-0.25, -0.2) is 0 Å². The van der Waals surface area contributed by atoms with Crippen molar-refractivity contribution >= 4 is 0 Å². The first-order valence-corrected chi connectivity index (χ1v) is 7.58. The molecule has 0 heterocycles. The van der Waals surface area contributed by atoms with Crippen LogP contribution in [0.5, 0.6) is 0 Å². The number of hydrogen-bond acceptors (Lipinski definition) is 6. The number of aliphatic hydroxyl groups excluding tert-OH is 5. The van der Waals surface area contributed by atoms with Crippen molar-refractivity contribution in [2.75, 3.05) is 19.7 Å². The molecule has 0 aliphatic rings. The van der Waals surface area contributed by atoms with E-state index in [9.17, 15) is 15.3 Å². The van der Waals surface area contributed by atoms with Crippen LogP contribution in [-0.2, 0) is 0 Å². The fourth-order valence-corrected chi connectivity index (χ4v) is 1.96. The summed E-state index contributed by atoms with van der Waals surface area (Å²) in [5.41, 5.74) is 0. The minimum Gasteiger partial charge on any atom is -0.394 e. The molecule has 4 atom stereocenters. The van der Waals surface area contributed by atoms with Crippen molar-refractivity contribution in [3.63, 3.8) is 0 Å². The lowest BCUT2D eigenvalue weighted by Crippen LogP contribution is -2.49. The van der Waals surface area contributed by atoms with E-state index in [2.05, 4.69) is 12.2 Å². The lowest BCUT2D eigenvalue weighted by molar-refractivity contribution is -0.113. The molecule has 6 nitrogen and oxygen atoms in total. The van der Waals surface area contributed by atoms with Gasteiger partial charge in [-0.3, -0.25) is 0 Å². The lowest BCUT2D eigenvalue weighted by Gasteiger charge is -2.25. The van der Waals surface area contributed by atoms with E-state index in [1.165, 1.54) is 25.7 Å². The molecule has 20 heavy (non-hydrogen) atoms. The summed E-state index contributed by atoms with van der Waals surface area (Å²) in [6, 6.07) is 0. The van der Waals surface area contributed by atoms with Crippen LogP contribution in [0.15, 0.2) is 0 Å². The van der Waals surface area contributed by atoms with Gasteiger partial charge in [0.25, 0.3) is 0 Å². The van der Waals surface area contributed by atoms with Gasteiger partial charge in [0.1, 0.15) is 18.3 Å². The molecule has 122 valence electrons. The predicted octanol–water partition coefficient (Wildman–Crippen LogP) is -0.628. The monoisotopic (exact) mass is 293 g/mol. The molecule has 0 fully saturated rings. The first kappa shape index (κ1) is 19.8. The smallest absolute Gasteiger partial charge is 0.111 e. The van der Waals surface area contributed by atoms with Crippen LogP contribution in [0.3, 0.4) is 0 Å². The summed E-state index contributed by atoms with van der Waals surface area (Å²) in [5.74, 6) is 0. The Hall–Kier alpha value is -0.240. The van der Waals surface area contributed by atoms with Crippen LogP contribution >= 0.6 is 0 Å². The summed E-state index contributed by atoms with van der Waals surface area (Å²) in [5, 5.41) is 49.5. The van der Waals surface area contributed by atoms with Gasteiger partial charge in [-0.05, 0) is 13.0 Å². The van der Waals surface area contributed by atoms with Gasteiger partial charge in [0.05, 0.1) is 12.7 Å². The average Bonchev–Trinajstić information content (AvgIpc) is 2.47. The van der Waals surface area contributed by atoms with Crippen LogP contribution < -0.4 is 5.32 Å². The van der Waals surface area contributed by atoms with E-state index >= 15 is 0 Å². The Morgan fingerprint density at radius 2 is 1.35 bits per heavy atom. The van der Waals surface area contributed by atoms with Gasteiger partial charge in [0.2, 0.25) is 0 Å². The molecule has 0 amide bonds. The van der Waals surface area contributed by atoms with Crippen molar-refractivity contribution in [3.8, 4) is 0 Å².